The summed E-state index contributed by atoms with van der Waals surface area (Å²) in [7, 11) is -3.91. The van der Waals surface area contributed by atoms with Gasteiger partial charge in [-0.25, -0.2) is 4.79 Å². The van der Waals surface area contributed by atoms with E-state index in [1.807, 2.05) is 74.5 Å². The number of esters is 1. The van der Waals surface area contributed by atoms with Crippen LogP contribution in [0.2, 0.25) is 0 Å². The number of nitro benzene ring substituents is 1. The lowest BCUT2D eigenvalue weighted by Gasteiger charge is -2.39. The highest BCUT2D eigenvalue weighted by atomic mass is 31.2. The summed E-state index contributed by atoms with van der Waals surface area (Å²) in [6.45, 7) is 10.7. The van der Waals surface area contributed by atoms with Crippen molar-refractivity contribution in [1.29, 1.82) is 0 Å². The number of para-hydroxylation sites is 1. The Morgan fingerprint density at radius 1 is 1.02 bits per heavy atom. The van der Waals surface area contributed by atoms with Crippen LogP contribution in [0.15, 0.2) is 107 Å². The molecule has 1 fully saturated rings. The number of dihydropyridines is 1. The minimum Gasteiger partial charge on any atom is -0.460 e. The Labute approximate surface area is 281 Å². The van der Waals surface area contributed by atoms with Crippen molar-refractivity contribution in [1.82, 2.24) is 5.32 Å². The van der Waals surface area contributed by atoms with Crippen molar-refractivity contribution in [3.8, 4) is 0 Å². The lowest BCUT2D eigenvalue weighted by atomic mass is 9.86. The van der Waals surface area contributed by atoms with E-state index in [0.717, 1.165) is 11.3 Å². The summed E-state index contributed by atoms with van der Waals surface area (Å²) in [5, 5.41) is 22.7. The highest BCUT2D eigenvalue weighted by molar-refractivity contribution is 7.58. The van der Waals surface area contributed by atoms with E-state index in [1.54, 1.807) is 32.9 Å². The van der Waals surface area contributed by atoms with Crippen molar-refractivity contribution in [2.24, 2.45) is 5.41 Å². The molecule has 0 saturated carbocycles. The first-order valence-electron chi connectivity index (χ1n) is 15.8. The number of non-ortho nitro benzene ring substituents is 1. The van der Waals surface area contributed by atoms with Gasteiger partial charge in [-0.05, 0) is 44.0 Å². The number of ether oxygens (including phenoxy) is 1. The van der Waals surface area contributed by atoms with E-state index in [9.17, 15) is 19.5 Å². The maximum absolute atomic E-state index is 14.3. The molecule has 0 aromatic heterocycles. The molecule has 2 N–H and O–H groups in total. The number of hydrogen-bond acceptors (Lipinski definition) is 10. The fourth-order valence-electron chi connectivity index (χ4n) is 5.57. The average molecular weight is 678 g/mol. The molecule has 3 aromatic carbocycles. The van der Waals surface area contributed by atoms with Gasteiger partial charge in [-0.3, -0.25) is 14.7 Å². The highest BCUT2D eigenvalue weighted by Crippen LogP contribution is 2.66. The topological polar surface area (TPSA) is 140 Å². The fraction of sp³-hybridized carbons (Fsp3) is 0.361. The smallest absolute Gasteiger partial charge is 0.360 e. The van der Waals surface area contributed by atoms with Crippen LogP contribution in [0.25, 0.3) is 0 Å². The number of anilines is 1. The summed E-state index contributed by atoms with van der Waals surface area (Å²) in [5.41, 5.74) is 3.18. The fourth-order valence-corrected chi connectivity index (χ4v) is 8.02. The second kappa shape index (κ2) is 16.2. The third kappa shape index (κ3) is 8.99. The predicted molar refractivity (Wildman–Crippen MR) is 185 cm³/mol. The van der Waals surface area contributed by atoms with E-state index in [-0.39, 0.29) is 48.4 Å². The van der Waals surface area contributed by atoms with Crippen LogP contribution in [0.1, 0.15) is 51.7 Å². The van der Waals surface area contributed by atoms with Gasteiger partial charge in [0.05, 0.1) is 41.5 Å². The lowest BCUT2D eigenvalue weighted by molar-refractivity contribution is -0.384. The van der Waals surface area contributed by atoms with Crippen LogP contribution in [0.4, 0.5) is 11.4 Å². The number of rotatable bonds is 10. The zero-order valence-electron chi connectivity index (χ0n) is 28.0. The first-order valence-corrected chi connectivity index (χ1v) is 17.4. The van der Waals surface area contributed by atoms with Gasteiger partial charge in [-0.2, -0.15) is 0 Å². The molecule has 0 bridgehead atoms. The molecule has 1 unspecified atom stereocenters. The molecule has 3 aromatic rings. The molecule has 0 spiro atoms. The van der Waals surface area contributed by atoms with Gasteiger partial charge in [0.2, 0.25) is 0 Å². The molecule has 1 atom stereocenters. The zero-order chi connectivity index (χ0) is 34.9. The van der Waals surface area contributed by atoms with Crippen molar-refractivity contribution >= 4 is 24.9 Å². The minimum absolute atomic E-state index is 0.0654. The third-order valence-electron chi connectivity index (χ3n) is 7.84. The van der Waals surface area contributed by atoms with Crippen molar-refractivity contribution < 1.29 is 33.2 Å². The number of nitrogens with zero attached hydrogens (tertiary/aromatic N) is 2. The molecule has 2 aliphatic heterocycles. The van der Waals surface area contributed by atoms with Crippen LogP contribution in [0, 0.1) is 15.5 Å². The molecule has 2 aliphatic rings. The summed E-state index contributed by atoms with van der Waals surface area (Å²) in [6, 6.07) is 25.9. The largest absolute Gasteiger partial charge is 0.460 e. The number of aliphatic hydroxyl groups excluding tert-OH is 1. The number of carbonyl (C=O) groups is 1. The number of aliphatic hydroxyl groups is 1. The van der Waals surface area contributed by atoms with Crippen molar-refractivity contribution in [2.75, 3.05) is 37.9 Å². The second-order valence-electron chi connectivity index (χ2n) is 12.4. The quantitative estimate of drug-likeness (QED) is 0.0972. The van der Waals surface area contributed by atoms with Crippen molar-refractivity contribution in [3.63, 3.8) is 0 Å². The Bertz CT molecular complexity index is 1680. The standard InChI is InChI=1S/C34H38N3O7P.C2H6O/c1-24-30(33(38)42-19-18-36(28-15-9-6-10-16-28)21-26-12-7-5-8-13-26)31(27-14-11-17-29(20-27)37(39)40)32(25(2)35-24)45(41)43-22-34(3,4)23-44-45;1-2-3/h5-17,20,31,35H,18-19,21-23H2,1-4H3;3H,2H2,1H3. The van der Waals surface area contributed by atoms with Gasteiger partial charge in [0.15, 0.2) is 0 Å². The summed E-state index contributed by atoms with van der Waals surface area (Å²) < 4.78 is 32.1. The molecule has 0 amide bonds. The molecule has 0 aliphatic carbocycles. The molecule has 5 rings (SSSR count). The average Bonchev–Trinajstić information content (AvgIpc) is 3.06. The molecule has 12 heteroatoms. The SMILES string of the molecule is CC1=C(C(=O)OCCN(Cc2ccccc2)c2ccccc2)C(c2cccc([N+](=O)[O-])c2)C(P2(=O)OCC(C)(C)CO2)=C(C)N1.CCO. The Balaban J connectivity index is 0.00000167. The van der Waals surface area contributed by atoms with E-state index < -0.39 is 24.4 Å². The lowest BCUT2D eigenvalue weighted by Crippen LogP contribution is -2.34. The monoisotopic (exact) mass is 677 g/mol. The Hall–Kier alpha value is -4.28. The maximum atomic E-state index is 14.3. The van der Waals surface area contributed by atoms with Crippen LogP contribution in [-0.4, -0.2) is 49.0 Å². The first kappa shape index (κ1) is 36.6. The van der Waals surface area contributed by atoms with Gasteiger partial charge in [0.25, 0.3) is 5.69 Å². The van der Waals surface area contributed by atoms with E-state index in [0.29, 0.717) is 30.0 Å². The number of hydrogen-bond donors (Lipinski definition) is 2. The van der Waals surface area contributed by atoms with Crippen molar-refractivity contribution in [2.45, 2.75) is 47.1 Å². The van der Waals surface area contributed by atoms with Gasteiger partial charge < -0.3 is 29.1 Å². The molecule has 1 saturated heterocycles. The Kier molecular flexibility index (Phi) is 12.3. The van der Waals surface area contributed by atoms with Crippen LogP contribution < -0.4 is 10.2 Å². The molecule has 256 valence electrons. The summed E-state index contributed by atoms with van der Waals surface area (Å²) in [4.78, 5) is 27.3. The first-order chi connectivity index (χ1) is 22.9. The zero-order valence-corrected chi connectivity index (χ0v) is 28.9. The maximum Gasteiger partial charge on any atom is 0.360 e. The molecule has 0 radical (unpaired) electrons. The minimum atomic E-state index is -3.91. The molecular weight excluding hydrogens is 633 g/mol. The van der Waals surface area contributed by atoms with Crippen molar-refractivity contribution in [3.05, 3.63) is 128 Å². The highest BCUT2D eigenvalue weighted by Gasteiger charge is 2.48. The predicted octanol–water partition coefficient (Wildman–Crippen LogP) is 7.30. The number of nitrogens with one attached hydrogen (secondary N) is 1. The van der Waals surface area contributed by atoms with E-state index >= 15 is 0 Å². The van der Waals surface area contributed by atoms with E-state index in [2.05, 4.69) is 10.2 Å². The van der Waals surface area contributed by atoms with Crippen LogP contribution in [0.3, 0.4) is 0 Å². The molecular formula is C36H44N3O8P. The number of benzene rings is 3. The Morgan fingerprint density at radius 2 is 1.62 bits per heavy atom. The van der Waals surface area contributed by atoms with Gasteiger partial charge >= 0.3 is 13.6 Å². The Morgan fingerprint density at radius 3 is 2.23 bits per heavy atom. The number of carbonyl (C=O) groups excluding carboxylic acids is 1. The third-order valence-corrected chi connectivity index (χ3v) is 9.96. The van der Waals surface area contributed by atoms with Gasteiger partial charge in [0.1, 0.15) is 6.61 Å². The van der Waals surface area contributed by atoms with E-state index in [1.165, 1.54) is 12.1 Å². The molecule has 2 heterocycles. The van der Waals surface area contributed by atoms with Gasteiger partial charge in [-0.1, -0.05) is 74.5 Å². The van der Waals surface area contributed by atoms with Gasteiger partial charge in [0, 0.05) is 47.8 Å². The van der Waals surface area contributed by atoms with Crippen LogP contribution in [0.5, 0.6) is 0 Å². The van der Waals surface area contributed by atoms with Gasteiger partial charge in [-0.15, -0.1) is 0 Å². The summed E-state index contributed by atoms with van der Waals surface area (Å²) in [5.74, 6) is -1.58. The summed E-state index contributed by atoms with van der Waals surface area (Å²) >= 11 is 0. The normalized spacial score (nSPS) is 18.2. The second-order valence-corrected chi connectivity index (χ2v) is 14.4. The van der Waals surface area contributed by atoms with Crippen LogP contribution in [-0.2, 0) is 29.7 Å². The molecule has 11 nitrogen and oxygen atoms in total. The molecule has 48 heavy (non-hydrogen) atoms. The van der Waals surface area contributed by atoms with E-state index in [4.69, 9.17) is 18.9 Å². The van der Waals surface area contributed by atoms with Crippen LogP contribution >= 0.6 is 7.60 Å². The number of nitro groups is 1. The number of allylic oxidation sites excluding steroid dienone is 3. The summed E-state index contributed by atoms with van der Waals surface area (Å²) in [6.07, 6.45) is 0.